The Bertz CT molecular complexity index is 705. The highest BCUT2D eigenvalue weighted by Crippen LogP contribution is 2.24. The molecule has 1 aromatic heterocycles. The first-order chi connectivity index (χ1) is 10.8. The Balaban J connectivity index is 2.22. The number of esters is 1. The minimum Gasteiger partial charge on any atom is -0.484 e. The number of hydrogen-bond acceptors (Lipinski definition) is 5. The van der Waals surface area contributed by atoms with Crippen LogP contribution in [0.4, 0.5) is 13.2 Å². The molecule has 0 N–H and O–H groups in total. The summed E-state index contributed by atoms with van der Waals surface area (Å²) in [4.78, 5) is 19.2. The molecule has 0 amide bonds. The Morgan fingerprint density at radius 3 is 2.43 bits per heavy atom. The lowest BCUT2D eigenvalue weighted by Gasteiger charge is -2.09. The minimum absolute atomic E-state index is 0.0279. The van der Waals surface area contributed by atoms with Crippen molar-refractivity contribution >= 4 is 17.6 Å². The molecule has 0 radical (unpaired) electrons. The molecular formula is C14H10ClF3N2O3. The second kappa shape index (κ2) is 6.82. The van der Waals surface area contributed by atoms with Gasteiger partial charge in [0, 0.05) is 5.56 Å². The molecule has 0 spiro atoms. The summed E-state index contributed by atoms with van der Waals surface area (Å²) in [6.45, 7) is -1.38. The number of carbonyl (C=O) groups excluding carboxylic acids is 1. The zero-order valence-electron chi connectivity index (χ0n) is 11.7. The lowest BCUT2D eigenvalue weighted by molar-refractivity contribution is -0.153. The van der Waals surface area contributed by atoms with Crippen LogP contribution in [0.15, 0.2) is 30.3 Å². The lowest BCUT2D eigenvalue weighted by atomic mass is 10.1. The third-order valence-electron chi connectivity index (χ3n) is 2.65. The second-order valence-electron chi connectivity index (χ2n) is 4.33. The van der Waals surface area contributed by atoms with Crippen molar-refractivity contribution in [3.63, 3.8) is 0 Å². The Kier molecular flexibility index (Phi) is 5.05. The fraction of sp³-hybridized carbons (Fsp3) is 0.214. The molecule has 1 aromatic carbocycles. The van der Waals surface area contributed by atoms with Crippen LogP contribution in [0.3, 0.4) is 0 Å². The number of methoxy groups -OCH3 is 1. The fourth-order valence-corrected chi connectivity index (χ4v) is 1.84. The smallest absolute Gasteiger partial charge is 0.422 e. The quantitative estimate of drug-likeness (QED) is 0.626. The number of nitrogens with zero attached hydrogens (tertiary/aromatic N) is 2. The van der Waals surface area contributed by atoms with Crippen molar-refractivity contribution in [2.75, 3.05) is 13.7 Å². The number of hydrogen-bond donors (Lipinski definition) is 0. The summed E-state index contributed by atoms with van der Waals surface area (Å²) in [5.41, 5.74) is 0.825. The van der Waals surface area contributed by atoms with E-state index in [4.69, 9.17) is 11.6 Å². The van der Waals surface area contributed by atoms with Gasteiger partial charge in [0.2, 0.25) is 5.28 Å². The van der Waals surface area contributed by atoms with Crippen LogP contribution < -0.4 is 4.74 Å². The van der Waals surface area contributed by atoms with E-state index in [1.165, 1.54) is 37.4 Å². The van der Waals surface area contributed by atoms with Crippen molar-refractivity contribution in [1.29, 1.82) is 0 Å². The van der Waals surface area contributed by atoms with Crippen molar-refractivity contribution in [3.8, 4) is 17.0 Å². The fourth-order valence-electron chi connectivity index (χ4n) is 1.66. The van der Waals surface area contributed by atoms with Gasteiger partial charge in [-0.15, -0.1) is 0 Å². The molecule has 2 aromatic rings. The third-order valence-corrected chi connectivity index (χ3v) is 2.82. The maximum atomic E-state index is 12.1. The Hall–Kier alpha value is -2.35. The lowest BCUT2D eigenvalue weighted by Crippen LogP contribution is -2.19. The molecular weight excluding hydrogens is 337 g/mol. The van der Waals surface area contributed by atoms with E-state index in [0.29, 0.717) is 11.3 Å². The van der Waals surface area contributed by atoms with Crippen LogP contribution in [0, 0.1) is 0 Å². The van der Waals surface area contributed by atoms with E-state index in [0.717, 1.165) is 0 Å². The van der Waals surface area contributed by atoms with Crippen molar-refractivity contribution in [2.24, 2.45) is 0 Å². The van der Waals surface area contributed by atoms with Gasteiger partial charge in [-0.2, -0.15) is 13.2 Å². The summed E-state index contributed by atoms with van der Waals surface area (Å²) in [7, 11) is 1.20. The molecule has 122 valence electrons. The normalized spacial score (nSPS) is 11.2. The van der Waals surface area contributed by atoms with Crippen molar-refractivity contribution in [2.45, 2.75) is 6.18 Å². The molecule has 0 aliphatic heterocycles. The highest BCUT2D eigenvalue weighted by Gasteiger charge is 2.28. The first-order valence-electron chi connectivity index (χ1n) is 6.21. The van der Waals surface area contributed by atoms with E-state index in [1.807, 2.05) is 0 Å². The van der Waals surface area contributed by atoms with Gasteiger partial charge in [0.15, 0.2) is 12.3 Å². The standard InChI is InChI=1S/C14H10ClF3N2O3/c1-22-12(21)11-6-10(19-13(15)20-11)8-2-4-9(5-3-8)23-7-14(16,17)18/h2-6H,7H2,1H3. The van der Waals surface area contributed by atoms with E-state index in [1.54, 1.807) is 0 Å². The summed E-state index contributed by atoms with van der Waals surface area (Å²) in [6.07, 6.45) is -4.41. The summed E-state index contributed by atoms with van der Waals surface area (Å²) >= 11 is 5.75. The average molecular weight is 347 g/mol. The first kappa shape index (κ1) is 17.0. The number of carbonyl (C=O) groups is 1. The van der Waals surface area contributed by atoms with Gasteiger partial charge >= 0.3 is 12.1 Å². The SMILES string of the molecule is COC(=O)c1cc(-c2ccc(OCC(F)(F)F)cc2)nc(Cl)n1. The maximum absolute atomic E-state index is 12.1. The van der Waals surface area contributed by atoms with Gasteiger partial charge < -0.3 is 9.47 Å². The van der Waals surface area contributed by atoms with Gasteiger partial charge in [-0.05, 0) is 41.9 Å². The van der Waals surface area contributed by atoms with Crippen LogP contribution in [0.1, 0.15) is 10.5 Å². The van der Waals surface area contributed by atoms with Crippen LogP contribution >= 0.6 is 11.6 Å². The maximum Gasteiger partial charge on any atom is 0.422 e. The van der Waals surface area contributed by atoms with E-state index >= 15 is 0 Å². The number of alkyl halides is 3. The van der Waals surface area contributed by atoms with Gasteiger partial charge in [0.25, 0.3) is 0 Å². The molecule has 0 saturated carbocycles. The molecule has 0 aliphatic carbocycles. The van der Waals surface area contributed by atoms with Crippen LogP contribution in [0.2, 0.25) is 5.28 Å². The Labute approximate surface area is 134 Å². The van der Waals surface area contributed by atoms with Crippen molar-refractivity contribution in [1.82, 2.24) is 9.97 Å². The summed E-state index contributed by atoms with van der Waals surface area (Å²) in [6, 6.07) is 7.06. The Morgan fingerprint density at radius 1 is 1.22 bits per heavy atom. The van der Waals surface area contributed by atoms with Gasteiger partial charge in [0.1, 0.15) is 5.75 Å². The minimum atomic E-state index is -4.41. The van der Waals surface area contributed by atoms with Crippen molar-refractivity contribution in [3.05, 3.63) is 41.3 Å². The van der Waals surface area contributed by atoms with Gasteiger partial charge in [-0.1, -0.05) is 0 Å². The largest absolute Gasteiger partial charge is 0.484 e. The van der Waals surface area contributed by atoms with Gasteiger partial charge in [-0.25, -0.2) is 14.8 Å². The van der Waals surface area contributed by atoms with Crippen LogP contribution in [0.5, 0.6) is 5.75 Å². The highest BCUT2D eigenvalue weighted by atomic mass is 35.5. The molecule has 9 heteroatoms. The average Bonchev–Trinajstić information content (AvgIpc) is 2.51. The predicted molar refractivity (Wildman–Crippen MR) is 75.4 cm³/mol. The number of aromatic nitrogens is 2. The van der Waals surface area contributed by atoms with Gasteiger partial charge in [0.05, 0.1) is 12.8 Å². The van der Waals surface area contributed by atoms with Crippen LogP contribution in [-0.4, -0.2) is 35.8 Å². The van der Waals surface area contributed by atoms with Crippen molar-refractivity contribution < 1.29 is 27.4 Å². The molecule has 1 heterocycles. The number of rotatable bonds is 4. The molecule has 0 unspecified atom stereocenters. The molecule has 23 heavy (non-hydrogen) atoms. The summed E-state index contributed by atoms with van der Waals surface area (Å²) in [5.74, 6) is -0.625. The molecule has 0 saturated heterocycles. The molecule has 0 fully saturated rings. The van der Waals surface area contributed by atoms with Gasteiger partial charge in [-0.3, -0.25) is 0 Å². The number of halogens is 4. The molecule has 0 bridgehead atoms. The molecule has 5 nitrogen and oxygen atoms in total. The summed E-state index contributed by atoms with van der Waals surface area (Å²) in [5, 5.41) is -0.153. The van der Waals surface area contributed by atoms with Crippen LogP contribution in [-0.2, 0) is 4.74 Å². The number of benzene rings is 1. The van der Waals surface area contributed by atoms with E-state index in [-0.39, 0.29) is 16.7 Å². The van der Waals surface area contributed by atoms with Crippen LogP contribution in [0.25, 0.3) is 11.3 Å². The molecule has 2 rings (SSSR count). The van der Waals surface area contributed by atoms with E-state index in [9.17, 15) is 18.0 Å². The first-order valence-corrected chi connectivity index (χ1v) is 6.59. The Morgan fingerprint density at radius 2 is 1.87 bits per heavy atom. The number of ether oxygens (including phenoxy) is 2. The zero-order valence-corrected chi connectivity index (χ0v) is 12.5. The zero-order chi connectivity index (χ0) is 17.0. The topological polar surface area (TPSA) is 61.3 Å². The predicted octanol–water partition coefficient (Wildman–Crippen LogP) is 3.52. The van der Waals surface area contributed by atoms with E-state index in [2.05, 4.69) is 19.4 Å². The monoisotopic (exact) mass is 346 g/mol. The van der Waals surface area contributed by atoms with E-state index < -0.39 is 18.8 Å². The molecule has 0 aliphatic rings. The molecule has 0 atom stereocenters. The highest BCUT2D eigenvalue weighted by molar-refractivity contribution is 6.28. The second-order valence-corrected chi connectivity index (χ2v) is 4.67. The summed E-state index contributed by atoms with van der Waals surface area (Å²) < 4.78 is 45.4. The third kappa shape index (κ3) is 4.82.